The molecule has 2 heterocycles. The Hall–Kier alpha value is -2.58. The van der Waals surface area contributed by atoms with E-state index in [0.717, 1.165) is 5.56 Å². The number of nitrogens with two attached hydrogens (primary N) is 1. The fourth-order valence-corrected chi connectivity index (χ4v) is 3.77. The third kappa shape index (κ3) is 4.54. The van der Waals surface area contributed by atoms with Crippen molar-refractivity contribution in [3.05, 3.63) is 53.1 Å². The number of hydrogen-bond donors (Lipinski definition) is 3. The molecular formula is C21H27FN4O3. The van der Waals surface area contributed by atoms with E-state index in [1.807, 2.05) is 13.8 Å². The summed E-state index contributed by atoms with van der Waals surface area (Å²) in [6.07, 6.45) is -0.147. The zero-order valence-corrected chi connectivity index (χ0v) is 16.7. The maximum atomic E-state index is 13.2. The number of benzene rings is 1. The molecule has 4 N–H and O–H groups in total. The van der Waals surface area contributed by atoms with Crippen molar-refractivity contribution in [3.63, 3.8) is 0 Å². The number of anilines is 1. The van der Waals surface area contributed by atoms with Crippen molar-refractivity contribution in [2.45, 2.75) is 38.7 Å². The molecule has 156 valence electrons. The molecule has 0 saturated carbocycles. The van der Waals surface area contributed by atoms with E-state index in [9.17, 15) is 19.4 Å². The van der Waals surface area contributed by atoms with Crippen molar-refractivity contribution in [2.75, 3.05) is 25.4 Å². The molecule has 3 rings (SSSR count). The van der Waals surface area contributed by atoms with Gasteiger partial charge in [0, 0.05) is 24.2 Å². The van der Waals surface area contributed by atoms with Gasteiger partial charge >= 0.3 is 0 Å². The summed E-state index contributed by atoms with van der Waals surface area (Å²) < 4.78 is 13.2. The highest BCUT2D eigenvalue weighted by atomic mass is 19.1. The van der Waals surface area contributed by atoms with Crippen LogP contribution in [-0.2, 0) is 6.42 Å². The Balaban J connectivity index is 1.86. The van der Waals surface area contributed by atoms with Crippen molar-refractivity contribution >= 4 is 11.9 Å². The number of carbonyl (C=O) groups excluding carboxylic acids is 1. The zero-order chi connectivity index (χ0) is 21.2. The molecule has 8 heteroatoms. The van der Waals surface area contributed by atoms with Crippen molar-refractivity contribution < 1.29 is 19.4 Å². The Morgan fingerprint density at radius 3 is 2.66 bits per heavy atom. The quantitative estimate of drug-likeness (QED) is 0.702. The van der Waals surface area contributed by atoms with E-state index in [1.54, 1.807) is 23.1 Å². The number of rotatable bonds is 5. The predicted molar refractivity (Wildman–Crippen MR) is 107 cm³/mol. The number of aliphatic hydroxyl groups excluding tert-OH is 2. The number of aromatic nitrogens is 2. The number of carbonyl (C=O) groups is 1. The molecular weight excluding hydrogens is 375 g/mol. The van der Waals surface area contributed by atoms with Gasteiger partial charge < -0.3 is 20.8 Å². The SMILES string of the molecule is CC(C)c1cc(C(=O)N2CC[C@H](O)[C@@](CO)(Cc3ccc(F)cc3)C2)nc(N)n1. The topological polar surface area (TPSA) is 113 Å². The average molecular weight is 402 g/mol. The molecule has 7 nitrogen and oxygen atoms in total. The number of halogens is 1. The van der Waals surface area contributed by atoms with Gasteiger partial charge in [-0.25, -0.2) is 14.4 Å². The van der Waals surface area contributed by atoms with Crippen LogP contribution in [0.1, 0.15) is 47.9 Å². The first-order chi connectivity index (χ1) is 13.7. The monoisotopic (exact) mass is 402 g/mol. The second-order valence-electron chi connectivity index (χ2n) is 8.05. The van der Waals surface area contributed by atoms with Crippen LogP contribution in [0.3, 0.4) is 0 Å². The van der Waals surface area contributed by atoms with Gasteiger partial charge in [0.1, 0.15) is 11.5 Å². The van der Waals surface area contributed by atoms with E-state index in [1.165, 1.54) is 12.1 Å². The van der Waals surface area contributed by atoms with Gasteiger partial charge in [-0.1, -0.05) is 26.0 Å². The molecule has 0 radical (unpaired) electrons. The molecule has 29 heavy (non-hydrogen) atoms. The Bertz CT molecular complexity index is 875. The van der Waals surface area contributed by atoms with Crippen LogP contribution in [0.2, 0.25) is 0 Å². The molecule has 1 aromatic heterocycles. The lowest BCUT2D eigenvalue weighted by atomic mass is 9.73. The molecule has 1 aliphatic heterocycles. The lowest BCUT2D eigenvalue weighted by Crippen LogP contribution is -2.56. The first kappa shape index (κ1) is 21.1. The van der Waals surface area contributed by atoms with Crippen molar-refractivity contribution in [1.29, 1.82) is 0 Å². The summed E-state index contributed by atoms with van der Waals surface area (Å²) in [7, 11) is 0. The van der Waals surface area contributed by atoms with E-state index in [2.05, 4.69) is 9.97 Å². The van der Waals surface area contributed by atoms with Crippen LogP contribution in [0.25, 0.3) is 0 Å². The Morgan fingerprint density at radius 2 is 2.03 bits per heavy atom. The number of piperidine rings is 1. The molecule has 0 bridgehead atoms. The maximum Gasteiger partial charge on any atom is 0.272 e. The standard InChI is InChI=1S/C21H27FN4O3/c1-13(2)16-9-17(25-20(23)24-16)19(29)26-8-7-18(28)21(11-26,12-27)10-14-3-5-15(22)6-4-14/h3-6,9,13,18,27-28H,7-8,10-12H2,1-2H3,(H2,23,24,25)/t18-,21-/m0/s1. The molecule has 1 fully saturated rings. The van der Waals surface area contributed by atoms with Crippen molar-refractivity contribution in [2.24, 2.45) is 5.41 Å². The minimum atomic E-state index is -0.939. The second-order valence-corrected chi connectivity index (χ2v) is 8.05. The summed E-state index contributed by atoms with van der Waals surface area (Å²) in [5, 5.41) is 20.8. The summed E-state index contributed by atoms with van der Waals surface area (Å²) >= 11 is 0. The highest BCUT2D eigenvalue weighted by Crippen LogP contribution is 2.34. The number of nitrogen functional groups attached to an aromatic ring is 1. The highest BCUT2D eigenvalue weighted by Gasteiger charge is 2.44. The summed E-state index contributed by atoms with van der Waals surface area (Å²) in [5.74, 6) is -0.540. The predicted octanol–water partition coefficient (Wildman–Crippen LogP) is 1.75. The first-order valence-corrected chi connectivity index (χ1v) is 9.71. The van der Waals surface area contributed by atoms with Crippen molar-refractivity contribution in [1.82, 2.24) is 14.9 Å². The largest absolute Gasteiger partial charge is 0.396 e. The smallest absolute Gasteiger partial charge is 0.272 e. The van der Waals surface area contributed by atoms with Crippen LogP contribution < -0.4 is 5.73 Å². The third-order valence-corrected chi connectivity index (χ3v) is 5.53. The van der Waals surface area contributed by atoms with Crippen LogP contribution in [0.4, 0.5) is 10.3 Å². The second kappa shape index (κ2) is 8.42. The zero-order valence-electron chi connectivity index (χ0n) is 16.7. The Labute approximate surface area is 169 Å². The van der Waals surface area contributed by atoms with E-state index in [-0.39, 0.29) is 42.4 Å². The molecule has 0 spiro atoms. The molecule has 0 unspecified atom stereocenters. The minimum absolute atomic E-state index is 0.0383. The van der Waals surface area contributed by atoms with E-state index >= 15 is 0 Å². The Kier molecular flexibility index (Phi) is 6.14. The number of aliphatic hydroxyl groups is 2. The summed E-state index contributed by atoms with van der Waals surface area (Å²) in [6, 6.07) is 7.57. The lowest BCUT2D eigenvalue weighted by molar-refractivity contribution is -0.0669. The molecule has 1 aromatic carbocycles. The molecule has 0 aliphatic carbocycles. The number of likely N-dealkylation sites (tertiary alicyclic amines) is 1. The van der Waals surface area contributed by atoms with Gasteiger partial charge in [0.2, 0.25) is 5.95 Å². The molecule has 2 atom stereocenters. The molecule has 2 aromatic rings. The van der Waals surface area contributed by atoms with E-state index in [4.69, 9.17) is 5.73 Å². The maximum absolute atomic E-state index is 13.2. The van der Waals surface area contributed by atoms with Crippen LogP contribution in [-0.4, -0.2) is 56.8 Å². The van der Waals surface area contributed by atoms with Gasteiger partial charge in [0.05, 0.1) is 12.7 Å². The van der Waals surface area contributed by atoms with Gasteiger partial charge in [-0.3, -0.25) is 4.79 Å². The van der Waals surface area contributed by atoms with Gasteiger partial charge in [0.15, 0.2) is 0 Å². The van der Waals surface area contributed by atoms with Crippen molar-refractivity contribution in [3.8, 4) is 0 Å². The molecule has 1 amide bonds. The van der Waals surface area contributed by atoms with Crippen LogP contribution in [0, 0.1) is 11.2 Å². The van der Waals surface area contributed by atoms with E-state index in [0.29, 0.717) is 25.1 Å². The van der Waals surface area contributed by atoms with Crippen LogP contribution in [0.5, 0.6) is 0 Å². The van der Waals surface area contributed by atoms with Crippen LogP contribution >= 0.6 is 0 Å². The summed E-state index contributed by atoms with van der Waals surface area (Å²) in [5.41, 5.74) is 6.50. The number of amides is 1. The van der Waals surface area contributed by atoms with E-state index < -0.39 is 11.5 Å². The minimum Gasteiger partial charge on any atom is -0.396 e. The lowest BCUT2D eigenvalue weighted by Gasteiger charge is -2.45. The summed E-state index contributed by atoms with van der Waals surface area (Å²) in [4.78, 5) is 22.9. The van der Waals surface area contributed by atoms with Gasteiger partial charge in [0.25, 0.3) is 5.91 Å². The third-order valence-electron chi connectivity index (χ3n) is 5.53. The average Bonchev–Trinajstić information content (AvgIpc) is 2.70. The first-order valence-electron chi connectivity index (χ1n) is 9.71. The fraction of sp³-hybridized carbons (Fsp3) is 0.476. The summed E-state index contributed by atoms with van der Waals surface area (Å²) in [6.45, 7) is 4.09. The highest BCUT2D eigenvalue weighted by molar-refractivity contribution is 5.92. The van der Waals surface area contributed by atoms with Gasteiger partial charge in [-0.2, -0.15) is 0 Å². The van der Waals surface area contributed by atoms with Gasteiger partial charge in [-0.15, -0.1) is 0 Å². The molecule has 1 saturated heterocycles. The number of nitrogens with zero attached hydrogens (tertiary/aromatic N) is 3. The molecule has 1 aliphatic rings. The van der Waals surface area contributed by atoms with Crippen LogP contribution in [0.15, 0.2) is 30.3 Å². The Morgan fingerprint density at radius 1 is 1.34 bits per heavy atom. The van der Waals surface area contributed by atoms with Gasteiger partial charge in [-0.05, 0) is 42.5 Å². The normalized spacial score (nSPS) is 22.1. The fourth-order valence-electron chi connectivity index (χ4n) is 3.77. The number of hydrogen-bond acceptors (Lipinski definition) is 6.